The SMILES string of the molecule is CNC(=O)c1nc(Cn2nc([N+](=O)[O-])c(Br)c2C)no1. The molecule has 0 saturated heterocycles. The second kappa shape index (κ2) is 5.36. The van der Waals surface area contributed by atoms with E-state index in [4.69, 9.17) is 4.52 Å². The summed E-state index contributed by atoms with van der Waals surface area (Å²) in [5, 5.41) is 20.6. The molecule has 106 valence electrons. The van der Waals surface area contributed by atoms with E-state index >= 15 is 0 Å². The molecule has 0 spiro atoms. The van der Waals surface area contributed by atoms with E-state index in [2.05, 4.69) is 36.5 Å². The van der Waals surface area contributed by atoms with Crippen LogP contribution < -0.4 is 5.32 Å². The maximum Gasteiger partial charge on any atom is 0.404 e. The van der Waals surface area contributed by atoms with Gasteiger partial charge in [0, 0.05) is 7.05 Å². The number of carbonyl (C=O) groups is 1. The smallest absolute Gasteiger partial charge is 0.358 e. The number of rotatable bonds is 4. The van der Waals surface area contributed by atoms with Crippen molar-refractivity contribution in [2.75, 3.05) is 7.05 Å². The molecule has 0 unspecified atom stereocenters. The largest absolute Gasteiger partial charge is 0.404 e. The predicted molar refractivity (Wildman–Crippen MR) is 68.1 cm³/mol. The van der Waals surface area contributed by atoms with Crippen LogP contribution in [0.25, 0.3) is 0 Å². The molecule has 11 heteroatoms. The van der Waals surface area contributed by atoms with Crippen LogP contribution in [0.2, 0.25) is 0 Å². The molecule has 20 heavy (non-hydrogen) atoms. The molecule has 0 aliphatic carbocycles. The molecule has 0 bridgehead atoms. The van der Waals surface area contributed by atoms with Crippen molar-refractivity contribution in [3.8, 4) is 0 Å². The van der Waals surface area contributed by atoms with Crippen molar-refractivity contribution in [2.45, 2.75) is 13.5 Å². The molecule has 2 aromatic rings. The fourth-order valence-corrected chi connectivity index (χ4v) is 1.86. The first-order valence-electron chi connectivity index (χ1n) is 5.36. The first kappa shape index (κ1) is 14.1. The van der Waals surface area contributed by atoms with Gasteiger partial charge in [0.05, 0.1) is 10.8 Å². The Morgan fingerprint density at radius 1 is 1.60 bits per heavy atom. The first-order valence-corrected chi connectivity index (χ1v) is 6.15. The van der Waals surface area contributed by atoms with Gasteiger partial charge in [0.2, 0.25) is 0 Å². The summed E-state index contributed by atoms with van der Waals surface area (Å²) in [6.45, 7) is 1.71. The lowest BCUT2D eigenvalue weighted by Gasteiger charge is -1.93. The van der Waals surface area contributed by atoms with E-state index in [1.54, 1.807) is 6.92 Å². The van der Waals surface area contributed by atoms with Crippen molar-refractivity contribution in [2.24, 2.45) is 0 Å². The number of aromatic nitrogens is 4. The van der Waals surface area contributed by atoms with Crippen LogP contribution in [-0.2, 0) is 6.54 Å². The Bertz CT molecular complexity index is 678. The molecule has 1 N–H and O–H groups in total. The summed E-state index contributed by atoms with van der Waals surface area (Å²) >= 11 is 3.10. The average molecular weight is 345 g/mol. The Morgan fingerprint density at radius 3 is 2.85 bits per heavy atom. The summed E-state index contributed by atoms with van der Waals surface area (Å²) in [7, 11) is 1.43. The maximum atomic E-state index is 11.3. The van der Waals surface area contributed by atoms with Gasteiger partial charge in [-0.15, -0.1) is 0 Å². The standard InChI is InChI=1S/C9H9BrN6O4/c1-4-6(10)7(16(18)19)13-15(4)3-5-12-9(20-14-5)8(17)11-2/h3H2,1-2H3,(H,11,17). The van der Waals surface area contributed by atoms with E-state index in [0.717, 1.165) is 0 Å². The molecular weight excluding hydrogens is 336 g/mol. The second-order valence-corrected chi connectivity index (χ2v) is 4.53. The molecule has 0 aliphatic heterocycles. The van der Waals surface area contributed by atoms with Crippen LogP contribution >= 0.6 is 15.9 Å². The predicted octanol–water partition coefficient (Wildman–Crippen LogP) is 0.653. The normalized spacial score (nSPS) is 10.6. The summed E-state index contributed by atoms with van der Waals surface area (Å²) in [6.07, 6.45) is 0. The van der Waals surface area contributed by atoms with Gasteiger partial charge in [-0.25, -0.2) is 0 Å². The van der Waals surface area contributed by atoms with Gasteiger partial charge in [0.1, 0.15) is 11.0 Å². The molecule has 0 atom stereocenters. The fourth-order valence-electron chi connectivity index (χ4n) is 1.43. The number of amides is 1. The number of nitro groups is 1. The molecule has 2 rings (SSSR count). The van der Waals surface area contributed by atoms with Crippen LogP contribution in [-0.4, -0.2) is 37.8 Å². The molecule has 0 fully saturated rings. The highest BCUT2D eigenvalue weighted by Gasteiger charge is 2.24. The van der Waals surface area contributed by atoms with Gasteiger partial charge in [-0.05, 0) is 27.8 Å². The third kappa shape index (κ3) is 2.52. The molecule has 10 nitrogen and oxygen atoms in total. The zero-order valence-electron chi connectivity index (χ0n) is 10.5. The summed E-state index contributed by atoms with van der Waals surface area (Å²) in [4.78, 5) is 25.3. The molecular formula is C9H9BrN6O4. The maximum absolute atomic E-state index is 11.3. The third-order valence-electron chi connectivity index (χ3n) is 2.47. The van der Waals surface area contributed by atoms with Gasteiger partial charge in [0.15, 0.2) is 5.82 Å². The Morgan fingerprint density at radius 2 is 2.30 bits per heavy atom. The van der Waals surface area contributed by atoms with Gasteiger partial charge >= 0.3 is 17.6 Å². The van der Waals surface area contributed by atoms with E-state index in [1.807, 2.05) is 0 Å². The minimum Gasteiger partial charge on any atom is -0.358 e. The van der Waals surface area contributed by atoms with Crippen LogP contribution in [0.3, 0.4) is 0 Å². The van der Waals surface area contributed by atoms with Crippen molar-refractivity contribution in [1.82, 2.24) is 25.2 Å². The Labute approximate surface area is 120 Å². The Balaban J connectivity index is 2.26. The molecule has 0 saturated carbocycles. The van der Waals surface area contributed by atoms with Crippen molar-refractivity contribution in [3.05, 3.63) is 32.0 Å². The highest BCUT2D eigenvalue weighted by atomic mass is 79.9. The number of carbonyl (C=O) groups excluding carboxylic acids is 1. The van der Waals surface area contributed by atoms with Crippen molar-refractivity contribution in [3.63, 3.8) is 0 Å². The molecule has 0 aromatic carbocycles. The van der Waals surface area contributed by atoms with E-state index < -0.39 is 10.8 Å². The quantitative estimate of drug-likeness (QED) is 0.636. The van der Waals surface area contributed by atoms with Crippen LogP contribution in [0.5, 0.6) is 0 Å². The molecule has 0 aliphatic rings. The van der Waals surface area contributed by atoms with Crippen LogP contribution in [0.15, 0.2) is 9.00 Å². The highest BCUT2D eigenvalue weighted by Crippen LogP contribution is 2.27. The van der Waals surface area contributed by atoms with E-state index in [0.29, 0.717) is 5.69 Å². The molecule has 2 heterocycles. The minimum atomic E-state index is -0.597. The van der Waals surface area contributed by atoms with Gasteiger partial charge in [-0.2, -0.15) is 9.67 Å². The molecule has 0 radical (unpaired) electrons. The first-order chi connectivity index (χ1) is 9.43. The number of halogens is 1. The van der Waals surface area contributed by atoms with Gasteiger partial charge in [-0.3, -0.25) is 4.79 Å². The summed E-state index contributed by atoms with van der Waals surface area (Å²) in [6, 6.07) is 0. The number of nitrogens with one attached hydrogen (secondary N) is 1. The average Bonchev–Trinajstić information content (AvgIpc) is 2.98. The zero-order chi connectivity index (χ0) is 14.9. The summed E-state index contributed by atoms with van der Waals surface area (Å²) in [5.74, 6) is -0.789. The molecule has 1 amide bonds. The van der Waals surface area contributed by atoms with Crippen molar-refractivity contribution in [1.29, 1.82) is 0 Å². The highest BCUT2D eigenvalue weighted by molar-refractivity contribution is 9.10. The van der Waals surface area contributed by atoms with Crippen LogP contribution in [0.4, 0.5) is 5.82 Å². The van der Waals surface area contributed by atoms with Crippen molar-refractivity contribution < 1.29 is 14.2 Å². The summed E-state index contributed by atoms with van der Waals surface area (Å²) in [5.41, 5.74) is 0.544. The monoisotopic (exact) mass is 344 g/mol. The lowest BCUT2D eigenvalue weighted by atomic mass is 10.4. The third-order valence-corrected chi connectivity index (χ3v) is 3.40. The summed E-state index contributed by atoms with van der Waals surface area (Å²) < 4.78 is 6.39. The fraction of sp³-hybridized carbons (Fsp3) is 0.333. The topological polar surface area (TPSA) is 129 Å². The number of hydrogen-bond donors (Lipinski definition) is 1. The Kier molecular flexibility index (Phi) is 3.79. The molecule has 2 aromatic heterocycles. The van der Waals surface area contributed by atoms with Crippen LogP contribution in [0, 0.1) is 17.0 Å². The van der Waals surface area contributed by atoms with Gasteiger partial charge in [-0.1, -0.05) is 5.16 Å². The van der Waals surface area contributed by atoms with Gasteiger partial charge in [0.25, 0.3) is 0 Å². The van der Waals surface area contributed by atoms with Crippen molar-refractivity contribution >= 4 is 27.7 Å². The van der Waals surface area contributed by atoms with Gasteiger partial charge < -0.3 is 20.0 Å². The lowest BCUT2D eigenvalue weighted by molar-refractivity contribution is -0.390. The van der Waals surface area contributed by atoms with Crippen LogP contribution in [0.1, 0.15) is 22.2 Å². The number of hydrogen-bond acceptors (Lipinski definition) is 7. The second-order valence-electron chi connectivity index (χ2n) is 3.73. The lowest BCUT2D eigenvalue weighted by Crippen LogP contribution is -2.18. The minimum absolute atomic E-state index is 0.0543. The van der Waals surface area contributed by atoms with E-state index in [9.17, 15) is 14.9 Å². The van der Waals surface area contributed by atoms with E-state index in [-0.39, 0.29) is 28.6 Å². The van der Waals surface area contributed by atoms with E-state index in [1.165, 1.54) is 11.7 Å². The zero-order valence-corrected chi connectivity index (χ0v) is 12.0. The Hall–Kier alpha value is -2.30. The number of nitrogens with zero attached hydrogens (tertiary/aromatic N) is 5.